The van der Waals surface area contributed by atoms with Gasteiger partial charge in [-0.2, -0.15) is 0 Å². The van der Waals surface area contributed by atoms with Crippen molar-refractivity contribution in [1.82, 2.24) is 0 Å². The van der Waals surface area contributed by atoms with Gasteiger partial charge < -0.3 is 9.57 Å². The molecule has 2 aliphatic carbocycles. The molecule has 0 spiro atoms. The third-order valence-electron chi connectivity index (χ3n) is 5.43. The second-order valence-corrected chi connectivity index (χ2v) is 6.41. The number of methoxy groups -OCH3 is 1. The van der Waals surface area contributed by atoms with Gasteiger partial charge in [0.1, 0.15) is 17.6 Å². The van der Waals surface area contributed by atoms with Gasteiger partial charge in [-0.25, -0.2) is 0 Å². The van der Waals surface area contributed by atoms with Crippen molar-refractivity contribution in [2.24, 2.45) is 28.8 Å². The molecule has 2 saturated carbocycles. The molecule has 0 aromatic heterocycles. The zero-order valence-electron chi connectivity index (χ0n) is 12.3. The summed E-state index contributed by atoms with van der Waals surface area (Å²) in [6, 6.07) is 7.99. The Kier molecular flexibility index (Phi) is 2.81. The fourth-order valence-electron chi connectivity index (χ4n) is 4.48. The third-order valence-corrected chi connectivity index (χ3v) is 5.43. The van der Waals surface area contributed by atoms with Crippen molar-refractivity contribution >= 4 is 11.5 Å². The van der Waals surface area contributed by atoms with Crippen molar-refractivity contribution in [2.75, 3.05) is 7.11 Å². The molecule has 4 nitrogen and oxygen atoms in total. The highest BCUT2D eigenvalue weighted by Crippen LogP contribution is 2.56. The summed E-state index contributed by atoms with van der Waals surface area (Å²) in [5.74, 6) is 2.59. The maximum Gasteiger partial charge on any atom is 0.139 e. The number of hydrogen-bond acceptors (Lipinski definition) is 4. The molecular formula is C17H19NO3. The number of benzene rings is 1. The number of nitrogens with zero attached hydrogens (tertiary/aromatic N) is 1. The number of oxime groups is 1. The van der Waals surface area contributed by atoms with Crippen LogP contribution < -0.4 is 4.74 Å². The Labute approximate surface area is 124 Å². The molecule has 5 atom stereocenters. The summed E-state index contributed by atoms with van der Waals surface area (Å²) < 4.78 is 5.20. The minimum atomic E-state index is 0.106. The van der Waals surface area contributed by atoms with E-state index in [-0.39, 0.29) is 12.0 Å². The zero-order chi connectivity index (χ0) is 14.6. The maximum absolute atomic E-state index is 11.7. The molecule has 1 aromatic rings. The number of ketones is 1. The molecule has 21 heavy (non-hydrogen) atoms. The predicted octanol–water partition coefficient (Wildman–Crippen LogP) is 2.66. The van der Waals surface area contributed by atoms with Crippen LogP contribution in [-0.4, -0.2) is 24.7 Å². The Morgan fingerprint density at radius 3 is 2.71 bits per heavy atom. The van der Waals surface area contributed by atoms with Gasteiger partial charge in [-0.15, -0.1) is 0 Å². The third kappa shape index (κ3) is 1.81. The van der Waals surface area contributed by atoms with Gasteiger partial charge in [0.15, 0.2) is 0 Å². The lowest BCUT2D eigenvalue weighted by atomic mass is 9.75. The Morgan fingerprint density at radius 2 is 2.05 bits per heavy atom. The van der Waals surface area contributed by atoms with Gasteiger partial charge in [-0.05, 0) is 49.9 Å². The summed E-state index contributed by atoms with van der Waals surface area (Å²) in [6.07, 6.45) is 2.21. The SMILES string of the molecule is COc1ccc(C2=NO[C@@H]3[C@H]4C[C@H](C[C@@H]4C(C)=O)[C@@H]23)cc1. The standard InChI is InChI=1S/C17H19NO3/c1-9(19)13-7-11-8-14(13)17-15(11)16(18-21-17)10-3-5-12(20-2)6-4-10/h3-6,11,13-15,17H,7-8H2,1-2H3/t11-,13+,14-,15-,17+/m0/s1. The molecule has 2 fully saturated rings. The Morgan fingerprint density at radius 1 is 1.29 bits per heavy atom. The second kappa shape index (κ2) is 4.58. The van der Waals surface area contributed by atoms with E-state index in [1.54, 1.807) is 14.0 Å². The minimum absolute atomic E-state index is 0.106. The maximum atomic E-state index is 11.7. The molecule has 110 valence electrons. The van der Waals surface area contributed by atoms with Crippen LogP contribution in [0.15, 0.2) is 29.4 Å². The van der Waals surface area contributed by atoms with Crippen molar-refractivity contribution in [3.05, 3.63) is 29.8 Å². The largest absolute Gasteiger partial charge is 0.497 e. The predicted molar refractivity (Wildman–Crippen MR) is 78.3 cm³/mol. The van der Waals surface area contributed by atoms with E-state index >= 15 is 0 Å². The first-order valence-electron chi connectivity index (χ1n) is 7.57. The van der Waals surface area contributed by atoms with E-state index in [1.807, 2.05) is 24.3 Å². The molecule has 1 heterocycles. The lowest BCUT2D eigenvalue weighted by molar-refractivity contribution is -0.124. The van der Waals surface area contributed by atoms with Crippen LogP contribution in [0.2, 0.25) is 0 Å². The van der Waals surface area contributed by atoms with Crippen molar-refractivity contribution in [2.45, 2.75) is 25.9 Å². The molecule has 4 heteroatoms. The average Bonchev–Trinajstić information content (AvgIpc) is 3.18. The highest BCUT2D eigenvalue weighted by molar-refractivity contribution is 6.03. The Bertz CT molecular complexity index is 607. The molecule has 1 aliphatic heterocycles. The molecule has 0 saturated heterocycles. The number of fused-ring (bicyclic) bond motifs is 5. The summed E-state index contributed by atoms with van der Waals surface area (Å²) in [5.41, 5.74) is 2.16. The average molecular weight is 285 g/mol. The van der Waals surface area contributed by atoms with Gasteiger partial charge in [-0.3, -0.25) is 4.79 Å². The van der Waals surface area contributed by atoms with Crippen molar-refractivity contribution < 1.29 is 14.4 Å². The van der Waals surface area contributed by atoms with E-state index in [0.717, 1.165) is 29.9 Å². The highest BCUT2D eigenvalue weighted by atomic mass is 16.6. The summed E-state index contributed by atoms with van der Waals surface area (Å²) in [4.78, 5) is 17.5. The Hall–Kier alpha value is -1.84. The van der Waals surface area contributed by atoms with E-state index in [9.17, 15) is 4.79 Å². The summed E-state index contributed by atoms with van der Waals surface area (Å²) in [7, 11) is 1.67. The van der Waals surface area contributed by atoms with Crippen molar-refractivity contribution in [3.63, 3.8) is 0 Å². The normalized spacial score (nSPS) is 36.1. The topological polar surface area (TPSA) is 47.9 Å². The number of rotatable bonds is 3. The fraction of sp³-hybridized carbons (Fsp3) is 0.529. The van der Waals surface area contributed by atoms with Crippen LogP contribution in [0.5, 0.6) is 5.75 Å². The number of carbonyl (C=O) groups is 1. The first-order valence-corrected chi connectivity index (χ1v) is 7.57. The van der Waals surface area contributed by atoms with Crippen LogP contribution in [0.3, 0.4) is 0 Å². The molecule has 1 aromatic carbocycles. The van der Waals surface area contributed by atoms with E-state index in [0.29, 0.717) is 23.5 Å². The van der Waals surface area contributed by atoms with Gasteiger partial charge >= 0.3 is 0 Å². The molecule has 0 radical (unpaired) electrons. The summed E-state index contributed by atoms with van der Waals surface area (Å²) in [6.45, 7) is 1.71. The van der Waals surface area contributed by atoms with Gasteiger partial charge in [0.05, 0.1) is 12.8 Å². The molecule has 3 aliphatic rings. The van der Waals surface area contributed by atoms with Crippen LogP contribution in [-0.2, 0) is 9.63 Å². The van der Waals surface area contributed by atoms with E-state index in [1.165, 1.54) is 0 Å². The quantitative estimate of drug-likeness (QED) is 0.858. The van der Waals surface area contributed by atoms with E-state index < -0.39 is 0 Å². The first kappa shape index (κ1) is 12.9. The zero-order valence-corrected chi connectivity index (χ0v) is 12.3. The van der Waals surface area contributed by atoms with Gasteiger partial charge in [-0.1, -0.05) is 5.16 Å². The fourth-order valence-corrected chi connectivity index (χ4v) is 4.48. The molecular weight excluding hydrogens is 266 g/mol. The lowest BCUT2D eigenvalue weighted by Gasteiger charge is -2.28. The summed E-state index contributed by atoms with van der Waals surface area (Å²) >= 11 is 0. The molecule has 0 N–H and O–H groups in total. The molecule has 4 rings (SSSR count). The lowest BCUT2D eigenvalue weighted by Crippen LogP contribution is -2.36. The van der Waals surface area contributed by atoms with Gasteiger partial charge in [0.25, 0.3) is 0 Å². The van der Waals surface area contributed by atoms with E-state index in [4.69, 9.17) is 9.57 Å². The van der Waals surface area contributed by atoms with Crippen molar-refractivity contribution in [1.29, 1.82) is 0 Å². The number of ether oxygens (including phenoxy) is 1. The molecule has 0 unspecified atom stereocenters. The number of Topliss-reactive ketones (excluding diaryl/α,β-unsaturated/α-hetero) is 1. The highest BCUT2D eigenvalue weighted by Gasteiger charge is 2.59. The van der Waals surface area contributed by atoms with Crippen LogP contribution in [0, 0.1) is 23.7 Å². The first-order chi connectivity index (χ1) is 10.2. The van der Waals surface area contributed by atoms with Crippen LogP contribution >= 0.6 is 0 Å². The van der Waals surface area contributed by atoms with Gasteiger partial charge in [0, 0.05) is 23.3 Å². The Balaban J connectivity index is 1.59. The van der Waals surface area contributed by atoms with Crippen LogP contribution in [0.4, 0.5) is 0 Å². The van der Waals surface area contributed by atoms with E-state index in [2.05, 4.69) is 5.16 Å². The number of carbonyl (C=O) groups excluding carboxylic acids is 1. The molecule has 2 bridgehead atoms. The summed E-state index contributed by atoms with van der Waals surface area (Å²) in [5, 5.41) is 4.35. The number of hydrogen-bond donors (Lipinski definition) is 0. The van der Waals surface area contributed by atoms with Gasteiger partial charge in [0.2, 0.25) is 0 Å². The second-order valence-electron chi connectivity index (χ2n) is 6.41. The molecule has 0 amide bonds. The smallest absolute Gasteiger partial charge is 0.139 e. The van der Waals surface area contributed by atoms with Crippen LogP contribution in [0.1, 0.15) is 25.3 Å². The van der Waals surface area contributed by atoms with Crippen molar-refractivity contribution in [3.8, 4) is 5.75 Å². The monoisotopic (exact) mass is 285 g/mol. The van der Waals surface area contributed by atoms with Crippen LogP contribution in [0.25, 0.3) is 0 Å². The minimum Gasteiger partial charge on any atom is -0.497 e.